The number of hydrogen-bond donors (Lipinski definition) is 1. The van der Waals surface area contributed by atoms with Crippen molar-refractivity contribution in [2.24, 2.45) is 0 Å². The minimum atomic E-state index is -0.985. The number of hydrogen-bond acceptors (Lipinski definition) is 5. The SMILES string of the molecule is CCN(CC(=O)O)C(=O)N1CCN(c2nccs2)CC1. The average molecular weight is 298 g/mol. The molecule has 1 N–H and O–H groups in total. The van der Waals surface area contributed by atoms with Gasteiger partial charge in [-0.1, -0.05) is 0 Å². The van der Waals surface area contributed by atoms with E-state index < -0.39 is 5.97 Å². The second-order valence-corrected chi connectivity index (χ2v) is 5.35. The number of piperazine rings is 1. The van der Waals surface area contributed by atoms with Crippen LogP contribution in [0.15, 0.2) is 11.6 Å². The van der Waals surface area contributed by atoms with Crippen LogP contribution in [0.2, 0.25) is 0 Å². The van der Waals surface area contributed by atoms with Crippen LogP contribution in [-0.4, -0.2) is 71.2 Å². The lowest BCUT2D eigenvalue weighted by atomic mass is 10.3. The number of carbonyl (C=O) groups is 2. The Morgan fingerprint density at radius 3 is 2.60 bits per heavy atom. The number of rotatable bonds is 4. The molecule has 1 aliphatic rings. The van der Waals surface area contributed by atoms with Crippen LogP contribution in [0, 0.1) is 0 Å². The summed E-state index contributed by atoms with van der Waals surface area (Å²) in [5.41, 5.74) is 0. The lowest BCUT2D eigenvalue weighted by Crippen LogP contribution is -2.53. The molecule has 1 saturated heterocycles. The molecule has 0 radical (unpaired) electrons. The summed E-state index contributed by atoms with van der Waals surface area (Å²) in [5.74, 6) is -0.985. The zero-order valence-corrected chi connectivity index (χ0v) is 12.2. The van der Waals surface area contributed by atoms with E-state index in [9.17, 15) is 9.59 Å². The third-order valence-corrected chi connectivity index (χ3v) is 4.05. The number of thiazole rings is 1. The first-order valence-electron chi connectivity index (χ1n) is 6.52. The highest BCUT2D eigenvalue weighted by Crippen LogP contribution is 2.19. The van der Waals surface area contributed by atoms with Crippen molar-refractivity contribution < 1.29 is 14.7 Å². The zero-order chi connectivity index (χ0) is 14.5. The first-order chi connectivity index (χ1) is 9.61. The summed E-state index contributed by atoms with van der Waals surface area (Å²) >= 11 is 1.58. The number of carboxylic acids is 1. The monoisotopic (exact) mass is 298 g/mol. The number of aliphatic carboxylic acids is 1. The highest BCUT2D eigenvalue weighted by Gasteiger charge is 2.26. The van der Waals surface area contributed by atoms with Crippen LogP contribution in [0.4, 0.5) is 9.93 Å². The Kier molecular flexibility index (Phi) is 4.78. The van der Waals surface area contributed by atoms with Crippen molar-refractivity contribution in [3.63, 3.8) is 0 Å². The maximum atomic E-state index is 12.2. The molecule has 0 aliphatic carbocycles. The van der Waals surface area contributed by atoms with E-state index in [0.29, 0.717) is 19.6 Å². The van der Waals surface area contributed by atoms with Gasteiger partial charge in [-0.2, -0.15) is 0 Å². The van der Waals surface area contributed by atoms with Crippen molar-refractivity contribution in [1.82, 2.24) is 14.8 Å². The summed E-state index contributed by atoms with van der Waals surface area (Å²) in [6, 6.07) is -0.200. The van der Waals surface area contributed by atoms with Gasteiger partial charge in [0, 0.05) is 44.3 Å². The van der Waals surface area contributed by atoms with Gasteiger partial charge in [-0.05, 0) is 6.92 Å². The van der Waals surface area contributed by atoms with E-state index in [1.807, 2.05) is 5.38 Å². The molecule has 2 heterocycles. The number of nitrogens with zero attached hydrogens (tertiary/aromatic N) is 4. The van der Waals surface area contributed by atoms with Gasteiger partial charge in [0.15, 0.2) is 5.13 Å². The number of carbonyl (C=O) groups excluding carboxylic acids is 1. The summed E-state index contributed by atoms with van der Waals surface area (Å²) in [6.45, 7) is 4.57. The molecule has 7 nitrogen and oxygen atoms in total. The largest absolute Gasteiger partial charge is 0.480 e. The summed E-state index contributed by atoms with van der Waals surface area (Å²) in [6.07, 6.45) is 1.77. The molecule has 1 aromatic heterocycles. The first kappa shape index (κ1) is 14.6. The predicted octanol–water partition coefficient (Wildman–Crippen LogP) is 0.792. The maximum absolute atomic E-state index is 12.2. The molecule has 1 aliphatic heterocycles. The Labute approximate surface area is 121 Å². The smallest absolute Gasteiger partial charge is 0.323 e. The topological polar surface area (TPSA) is 77.0 Å². The van der Waals surface area contributed by atoms with Gasteiger partial charge >= 0.3 is 12.0 Å². The molecule has 20 heavy (non-hydrogen) atoms. The predicted molar refractivity (Wildman–Crippen MR) is 76.2 cm³/mol. The van der Waals surface area contributed by atoms with Crippen molar-refractivity contribution in [3.05, 3.63) is 11.6 Å². The Bertz CT molecular complexity index is 457. The number of anilines is 1. The number of urea groups is 1. The van der Waals surface area contributed by atoms with Crippen LogP contribution in [0.3, 0.4) is 0 Å². The van der Waals surface area contributed by atoms with Crippen LogP contribution in [0.1, 0.15) is 6.92 Å². The molecule has 0 aromatic carbocycles. The lowest BCUT2D eigenvalue weighted by molar-refractivity contribution is -0.137. The molecule has 1 aromatic rings. The van der Waals surface area contributed by atoms with Gasteiger partial charge in [0.1, 0.15) is 6.54 Å². The maximum Gasteiger partial charge on any atom is 0.323 e. The highest BCUT2D eigenvalue weighted by atomic mass is 32.1. The van der Waals surface area contributed by atoms with E-state index >= 15 is 0 Å². The zero-order valence-electron chi connectivity index (χ0n) is 11.4. The summed E-state index contributed by atoms with van der Waals surface area (Å²) in [5, 5.41) is 11.7. The molecule has 0 bridgehead atoms. The fraction of sp³-hybridized carbons (Fsp3) is 0.583. The molecular weight excluding hydrogens is 280 g/mol. The van der Waals surface area contributed by atoms with E-state index in [0.717, 1.165) is 18.2 Å². The minimum absolute atomic E-state index is 0.200. The number of aromatic nitrogens is 1. The second-order valence-electron chi connectivity index (χ2n) is 4.48. The van der Waals surface area contributed by atoms with E-state index in [1.165, 1.54) is 4.90 Å². The summed E-state index contributed by atoms with van der Waals surface area (Å²) < 4.78 is 0. The van der Waals surface area contributed by atoms with Gasteiger partial charge in [0.05, 0.1) is 0 Å². The van der Waals surface area contributed by atoms with Gasteiger partial charge in [-0.3, -0.25) is 4.79 Å². The van der Waals surface area contributed by atoms with Crippen LogP contribution < -0.4 is 4.90 Å². The van der Waals surface area contributed by atoms with Gasteiger partial charge in [-0.25, -0.2) is 9.78 Å². The molecule has 2 rings (SSSR count). The second kappa shape index (κ2) is 6.56. The van der Waals surface area contributed by atoms with Crippen LogP contribution in [-0.2, 0) is 4.79 Å². The van der Waals surface area contributed by atoms with Crippen molar-refractivity contribution in [3.8, 4) is 0 Å². The summed E-state index contributed by atoms with van der Waals surface area (Å²) in [4.78, 5) is 32.4. The third-order valence-electron chi connectivity index (χ3n) is 3.22. The Hall–Kier alpha value is -1.83. The number of amides is 2. The van der Waals surface area contributed by atoms with Gasteiger partial charge in [0.25, 0.3) is 0 Å². The molecule has 8 heteroatoms. The van der Waals surface area contributed by atoms with E-state index in [4.69, 9.17) is 5.11 Å². The number of carboxylic acid groups (broad SMARTS) is 1. The van der Waals surface area contributed by atoms with Gasteiger partial charge < -0.3 is 19.8 Å². The molecule has 0 atom stereocenters. The molecule has 0 saturated carbocycles. The highest BCUT2D eigenvalue weighted by molar-refractivity contribution is 7.13. The van der Waals surface area contributed by atoms with Crippen molar-refractivity contribution in [2.75, 3.05) is 44.2 Å². The standard InChI is InChI=1S/C12H18N4O3S/c1-2-14(9-10(17)18)12(19)16-6-4-15(5-7-16)11-13-3-8-20-11/h3,8H,2,4-7,9H2,1H3,(H,17,18). The van der Waals surface area contributed by atoms with E-state index in [1.54, 1.807) is 29.4 Å². The minimum Gasteiger partial charge on any atom is -0.480 e. The number of likely N-dealkylation sites (N-methyl/N-ethyl adjacent to an activating group) is 1. The van der Waals surface area contributed by atoms with Gasteiger partial charge in [-0.15, -0.1) is 11.3 Å². The Balaban J connectivity index is 1.89. The fourth-order valence-corrected chi connectivity index (χ4v) is 2.84. The molecule has 0 spiro atoms. The Morgan fingerprint density at radius 1 is 1.40 bits per heavy atom. The van der Waals surface area contributed by atoms with Crippen LogP contribution in [0.5, 0.6) is 0 Å². The normalized spacial score (nSPS) is 15.2. The summed E-state index contributed by atoms with van der Waals surface area (Å²) in [7, 11) is 0. The van der Waals surface area contributed by atoms with E-state index in [2.05, 4.69) is 9.88 Å². The van der Waals surface area contributed by atoms with Crippen LogP contribution in [0.25, 0.3) is 0 Å². The molecule has 2 amide bonds. The van der Waals surface area contributed by atoms with Gasteiger partial charge in [0.2, 0.25) is 0 Å². The first-order valence-corrected chi connectivity index (χ1v) is 7.40. The third kappa shape index (κ3) is 3.38. The molecular formula is C12H18N4O3S. The molecule has 110 valence electrons. The van der Waals surface area contributed by atoms with Crippen molar-refractivity contribution in [2.45, 2.75) is 6.92 Å². The fourth-order valence-electron chi connectivity index (χ4n) is 2.14. The Morgan fingerprint density at radius 2 is 2.10 bits per heavy atom. The van der Waals surface area contributed by atoms with Crippen molar-refractivity contribution >= 4 is 28.5 Å². The van der Waals surface area contributed by atoms with Crippen LogP contribution >= 0.6 is 11.3 Å². The quantitative estimate of drug-likeness (QED) is 0.889. The van der Waals surface area contributed by atoms with E-state index in [-0.39, 0.29) is 12.6 Å². The molecule has 1 fully saturated rings. The molecule has 0 unspecified atom stereocenters. The van der Waals surface area contributed by atoms with Crippen molar-refractivity contribution in [1.29, 1.82) is 0 Å². The lowest BCUT2D eigenvalue weighted by Gasteiger charge is -2.36. The average Bonchev–Trinajstić information content (AvgIpc) is 2.98.